The lowest BCUT2D eigenvalue weighted by molar-refractivity contribution is 0.113. The van der Waals surface area contributed by atoms with Crippen LogP contribution in [-0.2, 0) is 19.1 Å². The van der Waals surface area contributed by atoms with Crippen molar-refractivity contribution in [3.05, 3.63) is 57.5 Å². The van der Waals surface area contributed by atoms with E-state index in [2.05, 4.69) is 31.9 Å². The average molecular weight is 676 g/mol. The van der Waals surface area contributed by atoms with Gasteiger partial charge in [0.2, 0.25) is 10.0 Å². The standard InChI is InChI=1S/C11H14BrNO3S.C6H4BrClO2S.C6H12O/c12-9-2-1-3-11(8-9)17(15,16)13-6-4-10(14)5-7-13;7-5-2-1-3-6(4-5)11(8,9)10;7-6-4-2-1-3-5-6/h1-3,8,10,14H,4-7H2;1-4H;6-7H,1-5H2. The number of aliphatic hydroxyl groups excluding tert-OH is 2. The van der Waals surface area contributed by atoms with Gasteiger partial charge in [-0.1, -0.05) is 63.3 Å². The fourth-order valence-electron chi connectivity index (χ4n) is 3.56. The minimum atomic E-state index is -3.58. The highest BCUT2D eigenvalue weighted by Crippen LogP contribution is 2.23. The van der Waals surface area contributed by atoms with Gasteiger partial charge in [-0.15, -0.1) is 0 Å². The number of sulfonamides is 1. The molecule has 4 rings (SSSR count). The Bertz CT molecular complexity index is 1150. The highest BCUT2D eigenvalue weighted by Gasteiger charge is 2.28. The fraction of sp³-hybridized carbons (Fsp3) is 0.478. The number of halogens is 3. The molecule has 0 amide bonds. The Labute approximate surface area is 229 Å². The van der Waals surface area contributed by atoms with Crippen molar-refractivity contribution in [1.82, 2.24) is 4.31 Å². The second-order valence-corrected chi connectivity index (χ2v) is 14.6. The number of hydrogen-bond acceptors (Lipinski definition) is 6. The van der Waals surface area contributed by atoms with Crippen molar-refractivity contribution in [3.8, 4) is 0 Å². The predicted octanol–water partition coefficient (Wildman–Crippen LogP) is 5.28. The zero-order valence-electron chi connectivity index (χ0n) is 19.1. The molecule has 2 aromatic rings. The maximum absolute atomic E-state index is 12.3. The molecule has 7 nitrogen and oxygen atoms in total. The van der Waals surface area contributed by atoms with Crippen LogP contribution < -0.4 is 0 Å². The molecule has 0 spiro atoms. The minimum Gasteiger partial charge on any atom is -0.393 e. The molecule has 1 saturated carbocycles. The van der Waals surface area contributed by atoms with Gasteiger partial charge in [0.05, 0.1) is 22.0 Å². The third-order valence-corrected chi connectivity index (χ3v) is 9.74. The van der Waals surface area contributed by atoms with Gasteiger partial charge in [-0.2, -0.15) is 4.31 Å². The van der Waals surface area contributed by atoms with Crippen LogP contribution in [0.3, 0.4) is 0 Å². The van der Waals surface area contributed by atoms with E-state index < -0.39 is 19.1 Å². The molecule has 2 aliphatic rings. The summed E-state index contributed by atoms with van der Waals surface area (Å²) in [6.45, 7) is 0.770. The Hall–Kier alpha value is -0.530. The van der Waals surface area contributed by atoms with Crippen LogP contribution in [-0.4, -0.2) is 56.7 Å². The van der Waals surface area contributed by atoms with Crippen molar-refractivity contribution in [1.29, 1.82) is 0 Å². The summed E-state index contributed by atoms with van der Waals surface area (Å²) < 4.78 is 48.9. The van der Waals surface area contributed by atoms with Gasteiger partial charge in [0.1, 0.15) is 0 Å². The van der Waals surface area contributed by atoms with Gasteiger partial charge in [0.25, 0.3) is 9.05 Å². The van der Waals surface area contributed by atoms with Gasteiger partial charge < -0.3 is 10.2 Å². The van der Waals surface area contributed by atoms with Gasteiger partial charge in [-0.25, -0.2) is 16.8 Å². The molecule has 0 bridgehead atoms. The SMILES string of the molecule is O=S(=O)(Cl)c1cccc(Br)c1.O=S(=O)(c1cccc(Br)c1)N1CCC(O)CC1.OC1CCCCC1. The highest BCUT2D eigenvalue weighted by molar-refractivity contribution is 9.10. The van der Waals surface area contributed by atoms with Crippen molar-refractivity contribution in [3.63, 3.8) is 0 Å². The smallest absolute Gasteiger partial charge is 0.261 e. The molecule has 12 heteroatoms. The molecule has 2 fully saturated rings. The lowest BCUT2D eigenvalue weighted by Crippen LogP contribution is -2.39. The molecule has 1 aliphatic heterocycles. The van der Waals surface area contributed by atoms with Gasteiger partial charge in [0.15, 0.2) is 0 Å². The summed E-state index contributed by atoms with van der Waals surface area (Å²) >= 11 is 6.40. The van der Waals surface area contributed by atoms with E-state index in [4.69, 9.17) is 15.8 Å². The Morgan fingerprint density at radius 3 is 1.60 bits per heavy atom. The lowest BCUT2D eigenvalue weighted by Gasteiger charge is -2.28. The van der Waals surface area contributed by atoms with E-state index in [0.29, 0.717) is 35.3 Å². The van der Waals surface area contributed by atoms with Crippen LogP contribution in [0.15, 0.2) is 67.3 Å². The second kappa shape index (κ2) is 14.4. The molecule has 1 saturated heterocycles. The highest BCUT2D eigenvalue weighted by atomic mass is 79.9. The van der Waals surface area contributed by atoms with E-state index in [0.717, 1.165) is 17.3 Å². The number of rotatable bonds is 3. The molecule has 2 N–H and O–H groups in total. The Kier molecular flexibility index (Phi) is 12.6. The fourth-order valence-corrected chi connectivity index (χ4v) is 6.97. The largest absolute Gasteiger partial charge is 0.393 e. The number of piperidine rings is 1. The van der Waals surface area contributed by atoms with Crippen molar-refractivity contribution < 1.29 is 27.0 Å². The molecular weight excluding hydrogens is 646 g/mol. The summed E-state index contributed by atoms with van der Waals surface area (Å²) in [6, 6.07) is 12.9. The number of nitrogens with zero attached hydrogens (tertiary/aromatic N) is 1. The normalized spacial score (nSPS) is 18.1. The molecule has 35 heavy (non-hydrogen) atoms. The maximum atomic E-state index is 12.3. The van der Waals surface area contributed by atoms with Crippen molar-refractivity contribution in [2.24, 2.45) is 0 Å². The van der Waals surface area contributed by atoms with Crippen LogP contribution in [0.4, 0.5) is 0 Å². The minimum absolute atomic E-state index is 0.0359. The van der Waals surface area contributed by atoms with Gasteiger partial charge >= 0.3 is 0 Å². The number of benzene rings is 2. The van der Waals surface area contributed by atoms with E-state index in [1.54, 1.807) is 36.4 Å². The summed E-state index contributed by atoms with van der Waals surface area (Å²) in [7, 11) is -1.92. The molecule has 1 aliphatic carbocycles. The summed E-state index contributed by atoms with van der Waals surface area (Å²) in [4.78, 5) is 0.400. The van der Waals surface area contributed by atoms with Crippen LogP contribution in [0.1, 0.15) is 44.9 Å². The molecule has 1 heterocycles. The average Bonchev–Trinajstić information content (AvgIpc) is 2.80. The Morgan fingerprint density at radius 2 is 1.20 bits per heavy atom. The first kappa shape index (κ1) is 30.7. The molecule has 0 radical (unpaired) electrons. The van der Waals surface area contributed by atoms with E-state index in [1.807, 2.05) is 0 Å². The summed E-state index contributed by atoms with van der Waals surface area (Å²) in [6.07, 6.45) is 6.57. The van der Waals surface area contributed by atoms with Gasteiger partial charge in [-0.3, -0.25) is 0 Å². The van der Waals surface area contributed by atoms with E-state index in [-0.39, 0.29) is 17.1 Å². The molecular formula is C23H30Br2ClNO6S2. The first-order valence-corrected chi connectivity index (χ1v) is 16.5. The summed E-state index contributed by atoms with van der Waals surface area (Å²) in [5.41, 5.74) is 0. The van der Waals surface area contributed by atoms with Crippen LogP contribution in [0.5, 0.6) is 0 Å². The molecule has 2 aromatic carbocycles. The van der Waals surface area contributed by atoms with Gasteiger partial charge in [0, 0.05) is 32.7 Å². The predicted molar refractivity (Wildman–Crippen MR) is 144 cm³/mol. The second-order valence-electron chi connectivity index (χ2n) is 8.28. The van der Waals surface area contributed by atoms with E-state index in [9.17, 15) is 21.9 Å². The van der Waals surface area contributed by atoms with E-state index in [1.165, 1.54) is 35.7 Å². The maximum Gasteiger partial charge on any atom is 0.261 e. The van der Waals surface area contributed by atoms with Crippen molar-refractivity contribution >= 4 is 61.6 Å². The first-order chi connectivity index (χ1) is 16.4. The van der Waals surface area contributed by atoms with Gasteiger partial charge in [-0.05, 0) is 62.1 Å². The van der Waals surface area contributed by atoms with Crippen LogP contribution in [0.2, 0.25) is 0 Å². The molecule has 0 atom stereocenters. The Morgan fingerprint density at radius 1 is 0.743 bits per heavy atom. The third kappa shape index (κ3) is 10.8. The van der Waals surface area contributed by atoms with Crippen molar-refractivity contribution in [2.45, 2.75) is 66.9 Å². The quantitative estimate of drug-likeness (QED) is 0.429. The lowest BCUT2D eigenvalue weighted by atomic mass is 9.98. The molecule has 0 unspecified atom stereocenters. The van der Waals surface area contributed by atoms with Crippen LogP contribution in [0.25, 0.3) is 0 Å². The van der Waals surface area contributed by atoms with Crippen LogP contribution >= 0.6 is 42.5 Å². The number of aliphatic hydroxyl groups is 2. The zero-order valence-corrected chi connectivity index (χ0v) is 24.6. The first-order valence-electron chi connectivity index (χ1n) is 11.2. The summed E-state index contributed by atoms with van der Waals surface area (Å²) in [5, 5.41) is 18.3. The summed E-state index contributed by atoms with van der Waals surface area (Å²) in [5.74, 6) is 0. The number of hydrogen-bond donors (Lipinski definition) is 2. The van der Waals surface area contributed by atoms with E-state index >= 15 is 0 Å². The Balaban J connectivity index is 0.000000205. The molecule has 0 aromatic heterocycles. The van der Waals surface area contributed by atoms with Crippen molar-refractivity contribution in [2.75, 3.05) is 13.1 Å². The monoisotopic (exact) mass is 673 g/mol. The third-order valence-electron chi connectivity index (χ3n) is 5.51. The zero-order chi connectivity index (χ0) is 26.1. The molecule has 196 valence electrons. The topological polar surface area (TPSA) is 112 Å². The van der Waals surface area contributed by atoms with Crippen LogP contribution in [0, 0.1) is 0 Å².